The number of amides is 2. The maximum Gasteiger partial charge on any atom is 0.336 e. The highest BCUT2D eigenvalue weighted by Gasteiger charge is 2.16. The third-order valence-electron chi connectivity index (χ3n) is 3.83. The van der Waals surface area contributed by atoms with E-state index in [9.17, 15) is 14.7 Å². The van der Waals surface area contributed by atoms with Gasteiger partial charge >= 0.3 is 12.0 Å². The first-order chi connectivity index (χ1) is 9.97. The predicted molar refractivity (Wildman–Crippen MR) is 80.9 cm³/mol. The Bertz CT molecular complexity index is 551. The molecule has 0 spiro atoms. The molecule has 1 saturated heterocycles. The van der Waals surface area contributed by atoms with Crippen LogP contribution in [0.5, 0.6) is 0 Å². The Morgan fingerprint density at radius 2 is 1.90 bits per heavy atom. The first-order valence-electron chi connectivity index (χ1n) is 7.10. The number of aryl methyl sites for hydroxylation is 1. The van der Waals surface area contributed by atoms with Gasteiger partial charge in [0.2, 0.25) is 0 Å². The molecule has 0 aromatic heterocycles. The van der Waals surface area contributed by atoms with E-state index in [4.69, 9.17) is 0 Å². The van der Waals surface area contributed by atoms with Gasteiger partial charge in [0.05, 0.1) is 5.56 Å². The van der Waals surface area contributed by atoms with E-state index in [0.717, 1.165) is 31.5 Å². The number of benzene rings is 1. The maximum atomic E-state index is 12.0. The maximum absolute atomic E-state index is 12.0. The first kappa shape index (κ1) is 15.3. The second kappa shape index (κ2) is 6.58. The van der Waals surface area contributed by atoms with Crippen LogP contribution in [0.15, 0.2) is 12.1 Å². The zero-order valence-corrected chi connectivity index (χ0v) is 12.3. The lowest BCUT2D eigenvalue weighted by molar-refractivity contribution is 0.0696. The minimum atomic E-state index is -0.988. The molecule has 2 rings (SSSR count). The summed E-state index contributed by atoms with van der Waals surface area (Å²) in [5, 5.41) is 18.0. The lowest BCUT2D eigenvalue weighted by Crippen LogP contribution is -2.44. The molecule has 1 aliphatic rings. The van der Waals surface area contributed by atoms with Crippen LogP contribution >= 0.6 is 0 Å². The Labute approximate surface area is 123 Å². The number of carboxylic acids is 1. The van der Waals surface area contributed by atoms with Gasteiger partial charge in [0.25, 0.3) is 0 Å². The molecular formula is C15H21N3O3. The summed E-state index contributed by atoms with van der Waals surface area (Å²) in [6.45, 7) is 5.39. The lowest BCUT2D eigenvalue weighted by Gasteiger charge is -2.23. The number of carbonyl (C=O) groups excluding carboxylic acids is 1. The van der Waals surface area contributed by atoms with Gasteiger partial charge in [-0.15, -0.1) is 0 Å². The third kappa shape index (κ3) is 3.95. The molecule has 1 heterocycles. The smallest absolute Gasteiger partial charge is 0.336 e. The summed E-state index contributed by atoms with van der Waals surface area (Å²) in [7, 11) is 0. The molecule has 0 aliphatic carbocycles. The molecule has 0 saturated carbocycles. The first-order valence-corrected chi connectivity index (χ1v) is 7.10. The average molecular weight is 291 g/mol. The molecule has 21 heavy (non-hydrogen) atoms. The van der Waals surface area contributed by atoms with Crippen molar-refractivity contribution in [1.82, 2.24) is 10.6 Å². The van der Waals surface area contributed by atoms with E-state index in [1.807, 2.05) is 6.92 Å². The Morgan fingerprint density at radius 1 is 1.24 bits per heavy atom. The number of anilines is 1. The zero-order valence-electron chi connectivity index (χ0n) is 12.3. The van der Waals surface area contributed by atoms with E-state index >= 15 is 0 Å². The fourth-order valence-electron chi connectivity index (χ4n) is 2.47. The number of hydrogen-bond donors (Lipinski definition) is 4. The van der Waals surface area contributed by atoms with Crippen LogP contribution in [-0.2, 0) is 0 Å². The Morgan fingerprint density at radius 3 is 2.52 bits per heavy atom. The molecule has 1 aliphatic heterocycles. The van der Waals surface area contributed by atoms with Gasteiger partial charge in [-0.1, -0.05) is 0 Å². The van der Waals surface area contributed by atoms with Crippen LogP contribution in [0.2, 0.25) is 0 Å². The van der Waals surface area contributed by atoms with Crippen molar-refractivity contribution < 1.29 is 14.7 Å². The van der Waals surface area contributed by atoms with Crippen LogP contribution in [0.3, 0.4) is 0 Å². The molecule has 4 N–H and O–H groups in total. The van der Waals surface area contributed by atoms with Crippen LogP contribution in [0.25, 0.3) is 0 Å². The number of nitrogens with one attached hydrogen (secondary N) is 3. The number of carbonyl (C=O) groups is 2. The van der Waals surface area contributed by atoms with Crippen molar-refractivity contribution in [1.29, 1.82) is 0 Å². The number of carboxylic acid groups (broad SMARTS) is 1. The second-order valence-corrected chi connectivity index (χ2v) is 5.39. The monoisotopic (exact) mass is 291 g/mol. The van der Waals surface area contributed by atoms with Gasteiger partial charge in [-0.25, -0.2) is 9.59 Å². The zero-order chi connectivity index (χ0) is 15.4. The van der Waals surface area contributed by atoms with Crippen LogP contribution in [0.1, 0.15) is 34.3 Å². The summed E-state index contributed by atoms with van der Waals surface area (Å²) in [6, 6.07) is 3.15. The summed E-state index contributed by atoms with van der Waals surface area (Å²) in [5.74, 6) is -0.988. The number of piperidine rings is 1. The van der Waals surface area contributed by atoms with Gasteiger partial charge in [-0.05, 0) is 63.0 Å². The predicted octanol–water partition coefficient (Wildman–Crippen LogP) is 1.88. The standard InChI is InChI=1S/C15H21N3O3/c1-9-7-12(8-13(10(9)2)14(19)20)18-15(21)17-11-3-5-16-6-4-11/h7-8,11,16H,3-6H2,1-2H3,(H,19,20)(H2,17,18,21). The Balaban J connectivity index is 2.05. The quantitative estimate of drug-likeness (QED) is 0.684. The van der Waals surface area contributed by atoms with Crippen molar-refractivity contribution in [3.8, 4) is 0 Å². The Hall–Kier alpha value is -2.08. The van der Waals surface area contributed by atoms with E-state index in [0.29, 0.717) is 11.3 Å². The average Bonchev–Trinajstić information content (AvgIpc) is 2.43. The van der Waals surface area contributed by atoms with E-state index in [1.165, 1.54) is 6.07 Å². The number of aromatic carboxylic acids is 1. The van der Waals surface area contributed by atoms with Gasteiger partial charge in [-0.3, -0.25) is 0 Å². The normalized spacial score (nSPS) is 15.5. The Kier molecular flexibility index (Phi) is 4.80. The molecule has 0 radical (unpaired) electrons. The van der Waals surface area contributed by atoms with Gasteiger partial charge in [-0.2, -0.15) is 0 Å². The fourth-order valence-corrected chi connectivity index (χ4v) is 2.47. The minimum absolute atomic E-state index is 0.164. The molecule has 0 unspecified atom stereocenters. The van der Waals surface area contributed by atoms with Crippen LogP contribution < -0.4 is 16.0 Å². The third-order valence-corrected chi connectivity index (χ3v) is 3.83. The lowest BCUT2D eigenvalue weighted by atomic mass is 10.0. The van der Waals surface area contributed by atoms with Gasteiger partial charge < -0.3 is 21.1 Å². The number of rotatable bonds is 3. The fraction of sp³-hybridized carbons (Fsp3) is 0.467. The molecule has 1 fully saturated rings. The summed E-state index contributed by atoms with van der Waals surface area (Å²) in [6.07, 6.45) is 1.81. The van der Waals surface area contributed by atoms with Crippen molar-refractivity contribution >= 4 is 17.7 Å². The molecule has 1 aromatic carbocycles. The molecule has 2 amide bonds. The van der Waals surface area contributed by atoms with Gasteiger partial charge in [0.15, 0.2) is 0 Å². The summed E-state index contributed by atoms with van der Waals surface area (Å²) in [4.78, 5) is 23.2. The summed E-state index contributed by atoms with van der Waals surface area (Å²) >= 11 is 0. The van der Waals surface area contributed by atoms with E-state index in [-0.39, 0.29) is 17.6 Å². The van der Waals surface area contributed by atoms with Crippen molar-refractivity contribution in [2.24, 2.45) is 0 Å². The highest BCUT2D eigenvalue weighted by molar-refractivity contribution is 5.94. The highest BCUT2D eigenvalue weighted by atomic mass is 16.4. The van der Waals surface area contributed by atoms with E-state index in [2.05, 4.69) is 16.0 Å². The molecule has 6 heteroatoms. The van der Waals surface area contributed by atoms with Crippen LogP contribution in [0.4, 0.5) is 10.5 Å². The van der Waals surface area contributed by atoms with E-state index < -0.39 is 5.97 Å². The van der Waals surface area contributed by atoms with E-state index in [1.54, 1.807) is 13.0 Å². The number of hydrogen-bond acceptors (Lipinski definition) is 3. The van der Waals surface area contributed by atoms with Gasteiger partial charge in [0, 0.05) is 11.7 Å². The molecule has 0 atom stereocenters. The second-order valence-electron chi connectivity index (χ2n) is 5.39. The molecule has 1 aromatic rings. The number of urea groups is 1. The highest BCUT2D eigenvalue weighted by Crippen LogP contribution is 2.20. The molecular weight excluding hydrogens is 270 g/mol. The van der Waals surface area contributed by atoms with Crippen molar-refractivity contribution in [2.75, 3.05) is 18.4 Å². The molecule has 6 nitrogen and oxygen atoms in total. The van der Waals surface area contributed by atoms with Crippen molar-refractivity contribution in [2.45, 2.75) is 32.7 Å². The van der Waals surface area contributed by atoms with Crippen LogP contribution in [-0.4, -0.2) is 36.2 Å². The SMILES string of the molecule is Cc1cc(NC(=O)NC2CCNCC2)cc(C(=O)O)c1C. The summed E-state index contributed by atoms with van der Waals surface area (Å²) in [5.41, 5.74) is 2.27. The van der Waals surface area contributed by atoms with Crippen molar-refractivity contribution in [3.05, 3.63) is 28.8 Å². The topological polar surface area (TPSA) is 90.5 Å². The minimum Gasteiger partial charge on any atom is -0.478 e. The van der Waals surface area contributed by atoms with Crippen LogP contribution in [0, 0.1) is 13.8 Å². The molecule has 114 valence electrons. The largest absolute Gasteiger partial charge is 0.478 e. The summed E-state index contributed by atoms with van der Waals surface area (Å²) < 4.78 is 0. The van der Waals surface area contributed by atoms with Crippen molar-refractivity contribution in [3.63, 3.8) is 0 Å². The van der Waals surface area contributed by atoms with Gasteiger partial charge in [0.1, 0.15) is 0 Å². The molecule has 0 bridgehead atoms.